The zero-order valence-corrected chi connectivity index (χ0v) is 16.8. The number of rotatable bonds is 6. The molecule has 9 heteroatoms. The van der Waals surface area contributed by atoms with E-state index in [-0.39, 0.29) is 16.6 Å². The highest BCUT2D eigenvalue weighted by molar-refractivity contribution is 8.00. The molecular formula is C20H17N4O3S2+. The van der Waals surface area contributed by atoms with E-state index in [4.69, 9.17) is 0 Å². The molecule has 0 aliphatic heterocycles. The van der Waals surface area contributed by atoms with Crippen LogP contribution in [0.1, 0.15) is 0 Å². The molecule has 0 radical (unpaired) electrons. The molecule has 146 valence electrons. The molecule has 4 rings (SSSR count). The molecule has 2 heterocycles. The molecule has 0 saturated carbocycles. The zero-order chi connectivity index (χ0) is 20.3. The van der Waals surface area contributed by atoms with Gasteiger partial charge in [-0.15, -0.1) is 3.97 Å². The summed E-state index contributed by atoms with van der Waals surface area (Å²) < 4.78 is 27.8. The van der Waals surface area contributed by atoms with Crippen LogP contribution in [0.3, 0.4) is 0 Å². The van der Waals surface area contributed by atoms with Gasteiger partial charge >= 0.3 is 15.2 Å². The number of imidazole rings is 1. The number of nitrogens with one attached hydrogen (secondary N) is 2. The van der Waals surface area contributed by atoms with Gasteiger partial charge in [0.1, 0.15) is 4.90 Å². The second-order valence-corrected chi connectivity index (χ2v) is 8.85. The first kappa shape index (κ1) is 19.2. The number of aromatic amines is 1. The quantitative estimate of drug-likeness (QED) is 0.366. The Kier molecular flexibility index (Phi) is 5.32. The number of hydrogen-bond donors (Lipinski definition) is 2. The minimum absolute atomic E-state index is 0.0411. The summed E-state index contributed by atoms with van der Waals surface area (Å²) in [5, 5.41) is 3.12. The third-order valence-electron chi connectivity index (χ3n) is 4.13. The van der Waals surface area contributed by atoms with Gasteiger partial charge in [0, 0.05) is 18.1 Å². The maximum Gasteiger partial charge on any atom is 0.336 e. The van der Waals surface area contributed by atoms with Crippen molar-refractivity contribution in [3.05, 3.63) is 79.1 Å². The number of carbonyl (C=O) groups is 1. The molecule has 0 aliphatic rings. The molecule has 1 amide bonds. The van der Waals surface area contributed by atoms with E-state index in [1.54, 1.807) is 73.1 Å². The Bertz CT molecular complexity index is 1260. The van der Waals surface area contributed by atoms with Gasteiger partial charge in [-0.2, -0.15) is 8.42 Å². The molecule has 0 unspecified atom stereocenters. The lowest BCUT2D eigenvalue weighted by molar-refractivity contribution is -0.526. The number of para-hydroxylation sites is 2. The Labute approximate surface area is 171 Å². The van der Waals surface area contributed by atoms with Crippen LogP contribution in [-0.4, -0.2) is 30.0 Å². The van der Waals surface area contributed by atoms with Gasteiger partial charge in [-0.3, -0.25) is 9.78 Å². The van der Waals surface area contributed by atoms with Crippen LogP contribution in [0, 0.1) is 0 Å². The van der Waals surface area contributed by atoms with E-state index < -0.39 is 10.0 Å². The predicted molar refractivity (Wildman–Crippen MR) is 111 cm³/mol. The fourth-order valence-corrected chi connectivity index (χ4v) is 5.41. The van der Waals surface area contributed by atoms with Crippen LogP contribution < -0.4 is 9.29 Å². The Morgan fingerprint density at radius 1 is 1.00 bits per heavy atom. The zero-order valence-electron chi connectivity index (χ0n) is 15.1. The van der Waals surface area contributed by atoms with E-state index in [0.717, 1.165) is 11.8 Å². The number of anilines is 1. The third kappa shape index (κ3) is 4.01. The number of aromatic nitrogens is 3. The van der Waals surface area contributed by atoms with Crippen LogP contribution in [0.15, 0.2) is 89.2 Å². The fourth-order valence-electron chi connectivity index (χ4n) is 2.83. The van der Waals surface area contributed by atoms with Crippen LogP contribution in [0.25, 0.3) is 11.0 Å². The number of hydrogen-bond acceptors (Lipinski definition) is 5. The van der Waals surface area contributed by atoms with Crippen molar-refractivity contribution in [2.75, 3.05) is 11.1 Å². The number of nitrogens with zero attached hydrogens (tertiary/aromatic N) is 2. The van der Waals surface area contributed by atoms with Crippen LogP contribution in [0.4, 0.5) is 5.69 Å². The maximum absolute atomic E-state index is 13.3. The largest absolute Gasteiger partial charge is 0.336 e. The van der Waals surface area contributed by atoms with Gasteiger partial charge in [0.05, 0.1) is 5.75 Å². The van der Waals surface area contributed by atoms with Crippen LogP contribution in [-0.2, 0) is 14.8 Å². The second-order valence-electron chi connectivity index (χ2n) is 6.10. The smallest absolute Gasteiger partial charge is 0.325 e. The summed E-state index contributed by atoms with van der Waals surface area (Å²) in [4.78, 5) is 19.5. The van der Waals surface area contributed by atoms with Crippen LogP contribution in [0.5, 0.6) is 0 Å². The molecule has 2 N–H and O–H groups in total. The second kappa shape index (κ2) is 8.06. The molecule has 4 aromatic rings. The maximum atomic E-state index is 13.3. The third-order valence-corrected chi connectivity index (χ3v) is 6.94. The normalized spacial score (nSPS) is 11.4. The van der Waals surface area contributed by atoms with Crippen LogP contribution in [0.2, 0.25) is 0 Å². The SMILES string of the molecule is O=C(CSc1[nH]c2ccccc2[n+]1S(=O)(=O)c1ccccc1)Nc1ccncc1. The van der Waals surface area contributed by atoms with Gasteiger partial charge in [-0.25, -0.2) is 4.98 Å². The summed E-state index contributed by atoms with van der Waals surface area (Å²) in [7, 11) is -3.84. The summed E-state index contributed by atoms with van der Waals surface area (Å²) in [6.07, 6.45) is 3.17. The van der Waals surface area contributed by atoms with Crippen molar-refractivity contribution in [2.45, 2.75) is 10.1 Å². The van der Waals surface area contributed by atoms with E-state index in [1.165, 1.54) is 3.97 Å². The minimum Gasteiger partial charge on any atom is -0.325 e. The molecule has 0 spiro atoms. The first-order chi connectivity index (χ1) is 14.1. The topological polar surface area (TPSA) is 95.8 Å². The van der Waals surface area contributed by atoms with E-state index in [2.05, 4.69) is 15.3 Å². The molecule has 0 fully saturated rings. The van der Waals surface area contributed by atoms with Crippen molar-refractivity contribution in [3.8, 4) is 0 Å². The molecule has 0 aliphatic carbocycles. The van der Waals surface area contributed by atoms with E-state index in [9.17, 15) is 13.2 Å². The van der Waals surface area contributed by atoms with Gasteiger partial charge < -0.3 is 5.32 Å². The summed E-state index contributed by atoms with van der Waals surface area (Å²) in [6, 6.07) is 18.7. The highest BCUT2D eigenvalue weighted by Crippen LogP contribution is 2.21. The Morgan fingerprint density at radius 2 is 1.69 bits per heavy atom. The average molecular weight is 426 g/mol. The lowest BCUT2D eigenvalue weighted by Gasteiger charge is -2.05. The van der Waals surface area contributed by atoms with Crippen molar-refractivity contribution < 1.29 is 17.2 Å². The van der Waals surface area contributed by atoms with Gasteiger partial charge in [0.2, 0.25) is 5.91 Å². The molecule has 29 heavy (non-hydrogen) atoms. The number of benzene rings is 2. The van der Waals surface area contributed by atoms with Gasteiger partial charge in [-0.05, 0) is 48.2 Å². The van der Waals surface area contributed by atoms with Gasteiger partial charge in [-0.1, -0.05) is 30.3 Å². The lowest BCUT2D eigenvalue weighted by Crippen LogP contribution is -2.44. The molecule has 2 aromatic carbocycles. The lowest BCUT2D eigenvalue weighted by atomic mass is 10.3. The standard InChI is InChI=1S/C20H16N4O3S2/c25-19(22-15-10-12-21-13-11-15)14-28-20-23-17-8-4-5-9-18(17)24(20)29(26,27)16-6-2-1-3-7-16/h1-13H,14H2,(H,21,22,25)/p+1. The van der Waals surface area contributed by atoms with Crippen molar-refractivity contribution in [1.82, 2.24) is 9.97 Å². The number of H-pyrrole nitrogens is 1. The summed E-state index contributed by atoms with van der Waals surface area (Å²) in [6.45, 7) is 0. The van der Waals surface area contributed by atoms with Crippen molar-refractivity contribution >= 4 is 44.4 Å². The molecule has 0 atom stereocenters. The van der Waals surface area contributed by atoms with Crippen molar-refractivity contribution in [3.63, 3.8) is 0 Å². The Balaban J connectivity index is 1.66. The number of pyridine rings is 1. The number of thioether (sulfide) groups is 1. The molecule has 7 nitrogen and oxygen atoms in total. The number of carbonyl (C=O) groups excluding carboxylic acids is 1. The highest BCUT2D eigenvalue weighted by Gasteiger charge is 2.31. The van der Waals surface area contributed by atoms with Crippen molar-refractivity contribution in [2.24, 2.45) is 0 Å². The Morgan fingerprint density at radius 3 is 2.45 bits per heavy atom. The van der Waals surface area contributed by atoms with Crippen LogP contribution >= 0.6 is 11.8 Å². The van der Waals surface area contributed by atoms with Gasteiger partial charge in [0.25, 0.3) is 0 Å². The van der Waals surface area contributed by atoms with E-state index in [1.807, 2.05) is 6.07 Å². The molecule has 0 saturated heterocycles. The summed E-state index contributed by atoms with van der Waals surface area (Å²) in [5.74, 6) is -0.206. The Hall–Kier alpha value is -3.17. The predicted octanol–water partition coefficient (Wildman–Crippen LogP) is 2.82. The first-order valence-electron chi connectivity index (χ1n) is 8.72. The molecular weight excluding hydrogens is 408 g/mol. The molecule has 2 aromatic heterocycles. The summed E-state index contributed by atoms with van der Waals surface area (Å²) in [5.41, 5.74) is 1.82. The highest BCUT2D eigenvalue weighted by atomic mass is 32.2. The summed E-state index contributed by atoms with van der Waals surface area (Å²) >= 11 is 1.12. The van der Waals surface area contributed by atoms with Gasteiger partial charge in [0.15, 0.2) is 11.0 Å². The average Bonchev–Trinajstić information content (AvgIpc) is 3.13. The fraction of sp³-hybridized carbons (Fsp3) is 0.0500. The number of amides is 1. The minimum atomic E-state index is -3.84. The first-order valence-corrected chi connectivity index (χ1v) is 11.1. The monoisotopic (exact) mass is 425 g/mol. The van der Waals surface area contributed by atoms with E-state index >= 15 is 0 Å². The van der Waals surface area contributed by atoms with Crippen molar-refractivity contribution in [1.29, 1.82) is 0 Å². The number of fused-ring (bicyclic) bond motifs is 1. The molecule has 0 bridgehead atoms. The van der Waals surface area contributed by atoms with E-state index in [0.29, 0.717) is 21.9 Å².